The van der Waals surface area contributed by atoms with E-state index in [1.54, 1.807) is 11.3 Å². The van der Waals surface area contributed by atoms with Gasteiger partial charge in [0.1, 0.15) is 0 Å². The van der Waals surface area contributed by atoms with Crippen LogP contribution in [0.4, 0.5) is 0 Å². The van der Waals surface area contributed by atoms with Crippen molar-refractivity contribution >= 4 is 22.1 Å². The molecule has 0 saturated heterocycles. The second-order valence-corrected chi connectivity index (χ2v) is 9.08. The van der Waals surface area contributed by atoms with Crippen molar-refractivity contribution in [1.29, 1.82) is 0 Å². The third kappa shape index (κ3) is 3.89. The van der Waals surface area contributed by atoms with Gasteiger partial charge in [0.25, 0.3) is 0 Å². The number of hydrogen-bond donors (Lipinski definition) is 1. The summed E-state index contributed by atoms with van der Waals surface area (Å²) in [5.41, 5.74) is 0.321. The van der Waals surface area contributed by atoms with Gasteiger partial charge in [-0.15, -0.1) is 11.3 Å². The normalized spacial score (nSPS) is 28.2. The summed E-state index contributed by atoms with van der Waals surface area (Å²) < 4.78 is 13.8. The summed E-state index contributed by atoms with van der Waals surface area (Å²) in [4.78, 5) is 0. The van der Waals surface area contributed by atoms with Gasteiger partial charge in [-0.1, -0.05) is 26.8 Å². The van der Waals surface area contributed by atoms with Crippen LogP contribution in [-0.2, 0) is 10.8 Å². The zero-order valence-electron chi connectivity index (χ0n) is 12.1. The fraction of sp³-hybridized carbons (Fsp3) is 0.733. The van der Waals surface area contributed by atoms with Crippen molar-refractivity contribution in [3.8, 4) is 0 Å². The average Bonchev–Trinajstić information content (AvgIpc) is 2.89. The first kappa shape index (κ1) is 15.2. The van der Waals surface area contributed by atoms with Gasteiger partial charge in [0, 0.05) is 6.04 Å². The monoisotopic (exact) mass is 299 g/mol. The van der Waals surface area contributed by atoms with E-state index >= 15 is 0 Å². The van der Waals surface area contributed by atoms with E-state index in [0.29, 0.717) is 11.5 Å². The Kier molecular flexibility index (Phi) is 5.21. The first-order valence-corrected chi connectivity index (χ1v) is 9.30. The lowest BCUT2D eigenvalue weighted by Crippen LogP contribution is -2.48. The molecule has 0 aliphatic heterocycles. The zero-order valence-corrected chi connectivity index (χ0v) is 13.8. The molecule has 2 rings (SSSR count). The smallest absolute Gasteiger partial charge is 0.0914 e. The number of rotatable bonds is 5. The molecule has 0 bridgehead atoms. The standard InChI is InChI=1S/C15H25NOS2/c1-4-9-16-12-7-8-15(2,3)11-13(12)19(17)14-6-5-10-18-14/h5-6,10,12-13,16H,4,7-9,11H2,1-3H3. The molecule has 108 valence electrons. The molecule has 3 atom stereocenters. The highest BCUT2D eigenvalue weighted by molar-refractivity contribution is 7.88. The van der Waals surface area contributed by atoms with Gasteiger partial charge >= 0.3 is 0 Å². The van der Waals surface area contributed by atoms with E-state index in [2.05, 4.69) is 26.1 Å². The molecule has 1 aliphatic rings. The summed E-state index contributed by atoms with van der Waals surface area (Å²) in [6.07, 6.45) is 4.57. The lowest BCUT2D eigenvalue weighted by molar-refractivity contribution is 0.212. The SMILES string of the molecule is CCCNC1CCC(C)(C)CC1S(=O)c1cccs1. The van der Waals surface area contributed by atoms with Crippen LogP contribution in [0.5, 0.6) is 0 Å². The van der Waals surface area contributed by atoms with Crippen LogP contribution in [-0.4, -0.2) is 22.0 Å². The Hall–Kier alpha value is -0.190. The van der Waals surface area contributed by atoms with Gasteiger partial charge in [0.05, 0.1) is 20.3 Å². The van der Waals surface area contributed by atoms with Crippen LogP contribution in [0.2, 0.25) is 0 Å². The summed E-state index contributed by atoms with van der Waals surface area (Å²) in [5, 5.41) is 5.90. The molecule has 2 nitrogen and oxygen atoms in total. The van der Waals surface area contributed by atoms with Gasteiger partial charge < -0.3 is 5.32 Å². The second kappa shape index (κ2) is 6.51. The molecule has 1 heterocycles. The van der Waals surface area contributed by atoms with Crippen molar-refractivity contribution in [3.05, 3.63) is 17.5 Å². The number of hydrogen-bond acceptors (Lipinski definition) is 3. The summed E-state index contributed by atoms with van der Waals surface area (Å²) in [6, 6.07) is 4.43. The van der Waals surface area contributed by atoms with Crippen LogP contribution in [0.15, 0.2) is 21.7 Å². The van der Waals surface area contributed by atoms with Gasteiger partial charge in [-0.3, -0.25) is 4.21 Å². The quantitative estimate of drug-likeness (QED) is 0.896. The molecular formula is C15H25NOS2. The molecular weight excluding hydrogens is 274 g/mol. The molecule has 1 aromatic rings. The van der Waals surface area contributed by atoms with E-state index in [0.717, 1.165) is 30.0 Å². The molecule has 1 fully saturated rings. The Morgan fingerprint density at radius 2 is 2.32 bits per heavy atom. The third-order valence-electron chi connectivity index (χ3n) is 3.96. The molecule has 1 saturated carbocycles. The minimum atomic E-state index is -0.863. The summed E-state index contributed by atoms with van der Waals surface area (Å²) in [6.45, 7) is 7.83. The average molecular weight is 300 g/mol. The predicted molar refractivity (Wildman–Crippen MR) is 84.2 cm³/mol. The van der Waals surface area contributed by atoms with Crippen LogP contribution in [0.1, 0.15) is 46.5 Å². The summed E-state index contributed by atoms with van der Waals surface area (Å²) in [7, 11) is -0.863. The highest BCUT2D eigenvalue weighted by atomic mass is 32.2. The molecule has 1 aliphatic carbocycles. The fourth-order valence-electron chi connectivity index (χ4n) is 2.84. The highest BCUT2D eigenvalue weighted by Gasteiger charge is 2.38. The fourth-order valence-corrected chi connectivity index (χ4v) is 5.85. The van der Waals surface area contributed by atoms with Crippen LogP contribution >= 0.6 is 11.3 Å². The van der Waals surface area contributed by atoms with Gasteiger partial charge in [-0.25, -0.2) is 0 Å². The maximum atomic E-state index is 12.8. The van der Waals surface area contributed by atoms with Crippen LogP contribution in [0.25, 0.3) is 0 Å². The minimum Gasteiger partial charge on any atom is -0.313 e. The van der Waals surface area contributed by atoms with E-state index in [9.17, 15) is 4.21 Å². The van der Waals surface area contributed by atoms with E-state index in [1.165, 1.54) is 6.42 Å². The number of thiophene rings is 1. The van der Waals surface area contributed by atoms with Gasteiger partial charge in [0.15, 0.2) is 0 Å². The van der Waals surface area contributed by atoms with Crippen molar-refractivity contribution < 1.29 is 4.21 Å². The molecule has 0 spiro atoms. The van der Waals surface area contributed by atoms with E-state index in [4.69, 9.17) is 0 Å². The van der Waals surface area contributed by atoms with Gasteiger partial charge in [-0.2, -0.15) is 0 Å². The Balaban J connectivity index is 2.13. The van der Waals surface area contributed by atoms with Crippen molar-refractivity contribution in [3.63, 3.8) is 0 Å². The van der Waals surface area contributed by atoms with Gasteiger partial charge in [-0.05, 0) is 49.1 Å². The lowest BCUT2D eigenvalue weighted by Gasteiger charge is -2.40. The Bertz CT molecular complexity index is 414. The highest BCUT2D eigenvalue weighted by Crippen LogP contribution is 2.39. The van der Waals surface area contributed by atoms with Crippen LogP contribution < -0.4 is 5.32 Å². The second-order valence-electron chi connectivity index (χ2n) is 6.24. The minimum absolute atomic E-state index is 0.258. The predicted octanol–water partition coefficient (Wildman–Crippen LogP) is 3.80. The van der Waals surface area contributed by atoms with E-state index in [1.807, 2.05) is 17.5 Å². The maximum Gasteiger partial charge on any atom is 0.0914 e. The van der Waals surface area contributed by atoms with E-state index < -0.39 is 10.8 Å². The largest absolute Gasteiger partial charge is 0.313 e. The molecule has 1 aromatic heterocycles. The molecule has 19 heavy (non-hydrogen) atoms. The van der Waals surface area contributed by atoms with Crippen molar-refractivity contribution in [2.75, 3.05) is 6.54 Å². The van der Waals surface area contributed by atoms with Crippen molar-refractivity contribution in [1.82, 2.24) is 5.32 Å². The Morgan fingerprint density at radius 1 is 1.53 bits per heavy atom. The summed E-state index contributed by atoms with van der Waals surface area (Å²) >= 11 is 1.62. The Morgan fingerprint density at radius 3 is 2.95 bits per heavy atom. The zero-order chi connectivity index (χ0) is 13.9. The third-order valence-corrected chi connectivity index (χ3v) is 6.98. The molecule has 0 aromatic carbocycles. The van der Waals surface area contributed by atoms with E-state index in [-0.39, 0.29) is 5.25 Å². The molecule has 0 amide bonds. The Labute approximate surface area is 123 Å². The van der Waals surface area contributed by atoms with Gasteiger partial charge in [0.2, 0.25) is 0 Å². The molecule has 3 unspecified atom stereocenters. The molecule has 0 radical (unpaired) electrons. The summed E-state index contributed by atoms with van der Waals surface area (Å²) in [5.74, 6) is 0. The first-order valence-electron chi connectivity index (χ1n) is 7.21. The van der Waals surface area contributed by atoms with Crippen molar-refractivity contribution in [2.45, 2.75) is 62.0 Å². The van der Waals surface area contributed by atoms with Crippen molar-refractivity contribution in [2.24, 2.45) is 5.41 Å². The molecule has 1 N–H and O–H groups in total. The lowest BCUT2D eigenvalue weighted by atomic mass is 9.75. The number of nitrogens with one attached hydrogen (secondary N) is 1. The maximum absolute atomic E-state index is 12.8. The van der Waals surface area contributed by atoms with Crippen LogP contribution in [0.3, 0.4) is 0 Å². The van der Waals surface area contributed by atoms with Crippen LogP contribution in [0, 0.1) is 5.41 Å². The first-order chi connectivity index (χ1) is 9.03. The molecule has 4 heteroatoms. The topological polar surface area (TPSA) is 29.1 Å².